The van der Waals surface area contributed by atoms with Gasteiger partial charge >= 0.3 is 0 Å². The van der Waals surface area contributed by atoms with E-state index in [1.807, 2.05) is 63.4 Å². The lowest BCUT2D eigenvalue weighted by molar-refractivity contribution is 0.0306. The average Bonchev–Trinajstić information content (AvgIpc) is 1.57. The second-order valence-electron chi connectivity index (χ2n) is 22.1. The van der Waals surface area contributed by atoms with E-state index in [4.69, 9.17) is 43.4 Å². The summed E-state index contributed by atoms with van der Waals surface area (Å²) in [5.41, 5.74) is 4.92. The van der Waals surface area contributed by atoms with Crippen LogP contribution in [0.1, 0.15) is 48.2 Å². The molecule has 0 saturated carbocycles. The third-order valence-corrected chi connectivity index (χ3v) is 16.0. The van der Waals surface area contributed by atoms with Gasteiger partial charge in [0.15, 0.2) is 0 Å². The number of amides is 1. The first-order valence-electron chi connectivity index (χ1n) is 30.8. The predicted molar refractivity (Wildman–Crippen MR) is 358 cm³/mol. The smallest absolute Gasteiger partial charge is 0.264 e. The highest BCUT2D eigenvalue weighted by Crippen LogP contribution is 2.27. The molecule has 3 N–H and O–H groups in total. The minimum absolute atomic E-state index is 0.180. The SMILES string of the molecule is Brc1cncc(OCCN2CCOCC2)c1.C1CCOC1.CS(=O)(=O)OCCN1CCOCC1.Cc1ccc(NC(=O)c2cccc(C(C)(C)C#N)c2)cc1-n1cc(-c2cncc(OCCN3CCOCC3)c2)cn1.OCCN1CCOCC1.Oc1cncc(Br)c1. The van der Waals surface area contributed by atoms with Crippen LogP contribution in [0.2, 0.25) is 0 Å². The molecule has 0 bridgehead atoms. The van der Waals surface area contributed by atoms with Gasteiger partial charge in [0.25, 0.3) is 16.0 Å². The van der Waals surface area contributed by atoms with Crippen molar-refractivity contribution < 1.29 is 60.8 Å². The van der Waals surface area contributed by atoms with Crippen LogP contribution in [-0.4, -0.2) is 246 Å². The van der Waals surface area contributed by atoms with Crippen LogP contribution < -0.4 is 14.8 Å². The number of aliphatic hydroxyl groups is 1. The van der Waals surface area contributed by atoms with Crippen LogP contribution in [0.3, 0.4) is 0 Å². The summed E-state index contributed by atoms with van der Waals surface area (Å²) in [4.78, 5) is 34.1. The van der Waals surface area contributed by atoms with Crippen molar-refractivity contribution in [2.75, 3.05) is 183 Å². The number of aryl methyl sites for hydroxylation is 1. The van der Waals surface area contributed by atoms with E-state index in [-0.39, 0.29) is 24.9 Å². The molecule has 24 nitrogen and oxygen atoms in total. The summed E-state index contributed by atoms with van der Waals surface area (Å²) in [6.45, 7) is 26.5. The fraction of sp³-hybridized carbons (Fsp3) is 0.508. The molecule has 0 atom stereocenters. The predicted octanol–water partition coefficient (Wildman–Crippen LogP) is 7.51. The Morgan fingerprint density at radius 3 is 1.64 bits per heavy atom. The fourth-order valence-electron chi connectivity index (χ4n) is 9.24. The highest BCUT2D eigenvalue weighted by molar-refractivity contribution is 9.10. The van der Waals surface area contributed by atoms with Crippen molar-refractivity contribution in [2.45, 2.75) is 39.0 Å². The maximum atomic E-state index is 13.1. The van der Waals surface area contributed by atoms with Crippen molar-refractivity contribution in [1.82, 2.24) is 44.3 Å². The number of halogens is 2. The van der Waals surface area contributed by atoms with Gasteiger partial charge in [-0.3, -0.25) is 43.5 Å². The number of morpholine rings is 4. The molecule has 0 unspecified atom stereocenters. The Morgan fingerprint density at radius 1 is 0.641 bits per heavy atom. The zero-order chi connectivity index (χ0) is 65.8. The molecule has 0 spiro atoms. The van der Waals surface area contributed by atoms with Crippen molar-refractivity contribution in [3.05, 3.63) is 136 Å². The van der Waals surface area contributed by atoms with Gasteiger partial charge in [0.1, 0.15) is 30.5 Å². The van der Waals surface area contributed by atoms with E-state index < -0.39 is 15.5 Å². The van der Waals surface area contributed by atoms with Crippen LogP contribution in [0.15, 0.2) is 119 Å². The molecule has 1 amide bonds. The summed E-state index contributed by atoms with van der Waals surface area (Å²) in [6, 6.07) is 20.6. The first kappa shape index (κ1) is 75.0. The lowest BCUT2D eigenvalue weighted by Gasteiger charge is -2.26. The van der Waals surface area contributed by atoms with Crippen LogP contribution in [0, 0.1) is 18.3 Å². The third-order valence-electron chi connectivity index (χ3n) is 14.6. The molecule has 5 aliphatic rings. The highest BCUT2D eigenvalue weighted by Gasteiger charge is 2.22. The molecule has 2 aromatic carbocycles. The lowest BCUT2D eigenvalue weighted by Crippen LogP contribution is -2.38. The molecular weight excluding hydrogens is 1330 g/mol. The first-order valence-corrected chi connectivity index (χ1v) is 34.2. The molecular formula is C65H89Br2N11O13S. The second kappa shape index (κ2) is 41.6. The van der Waals surface area contributed by atoms with Gasteiger partial charge in [-0.2, -0.15) is 18.8 Å². The van der Waals surface area contributed by atoms with Crippen molar-refractivity contribution in [3.63, 3.8) is 0 Å². The summed E-state index contributed by atoms with van der Waals surface area (Å²) in [7, 11) is -3.28. The second-order valence-corrected chi connectivity index (χ2v) is 25.6. The molecule has 0 aliphatic carbocycles. The number of rotatable bonds is 19. The number of nitriles is 1. The molecule has 502 valence electrons. The largest absolute Gasteiger partial charge is 0.506 e. The van der Waals surface area contributed by atoms with Crippen molar-refractivity contribution in [3.8, 4) is 40.1 Å². The number of aromatic nitrogens is 5. The number of nitrogens with one attached hydrogen (secondary N) is 1. The molecule has 5 fully saturated rings. The average molecular weight is 1420 g/mol. The zero-order valence-corrected chi connectivity index (χ0v) is 57.2. The van der Waals surface area contributed by atoms with E-state index in [0.29, 0.717) is 36.8 Å². The Kier molecular flexibility index (Phi) is 33.9. The number of ether oxygens (including phenoxy) is 7. The van der Waals surface area contributed by atoms with Crippen molar-refractivity contribution >= 4 is 53.6 Å². The van der Waals surface area contributed by atoms with E-state index in [1.54, 1.807) is 66.1 Å². The maximum absolute atomic E-state index is 13.1. The van der Waals surface area contributed by atoms with Gasteiger partial charge in [0.2, 0.25) is 0 Å². The van der Waals surface area contributed by atoms with E-state index in [2.05, 4.69) is 87.1 Å². The summed E-state index contributed by atoms with van der Waals surface area (Å²) in [5.74, 6) is 1.46. The first-order chi connectivity index (χ1) is 44.5. The molecule has 5 saturated heterocycles. The van der Waals surface area contributed by atoms with Crippen LogP contribution in [0.5, 0.6) is 17.2 Å². The zero-order valence-electron chi connectivity index (χ0n) is 53.2. The van der Waals surface area contributed by atoms with Gasteiger partial charge in [-0.15, -0.1) is 0 Å². The van der Waals surface area contributed by atoms with Gasteiger partial charge in [0, 0.05) is 148 Å². The van der Waals surface area contributed by atoms with E-state index in [0.717, 1.165) is 187 Å². The van der Waals surface area contributed by atoms with Crippen LogP contribution in [0.4, 0.5) is 5.69 Å². The normalized spacial score (nSPS) is 16.4. The molecule has 11 rings (SSSR count). The standard InChI is InChI=1S/C32H34N6O3.C11H15BrN2O2.C7H15NO4S.C6H13NO2.C5H4BrNO.C4H8O/c1-23-7-8-28(36-31(39)24-5-4-6-27(15-24)32(2,3)22-33)17-30(23)38-21-26(19-35-38)25-16-29(20-34-18-25)41-14-11-37-9-12-40-13-10-37;12-10-7-11(9-13-8-10)16-6-3-14-1-4-15-5-2-14;1-13(9,10)12-7-4-8-2-5-11-6-3-8;8-4-1-7-2-5-9-6-3-7;6-4-1-5(8)3-7-2-4;1-2-4-5-3-1/h4-8,15-21H,9-14H2,1-3H3,(H,36,39);7-9H,1-6H2;2-7H2,1H3;8H,1-6H2;1-3,8H;1-4H2. The van der Waals surface area contributed by atoms with E-state index >= 15 is 0 Å². The number of carbonyl (C=O) groups excluding carboxylic acids is 1. The Balaban J connectivity index is 0.000000212. The summed E-state index contributed by atoms with van der Waals surface area (Å²) < 4.78 is 66.8. The number of aliphatic hydroxyl groups excluding tert-OH is 1. The van der Waals surface area contributed by atoms with E-state index in [9.17, 15) is 18.5 Å². The molecule has 27 heteroatoms. The molecule has 92 heavy (non-hydrogen) atoms. The van der Waals surface area contributed by atoms with Crippen LogP contribution >= 0.6 is 31.9 Å². The van der Waals surface area contributed by atoms with E-state index in [1.165, 1.54) is 19.0 Å². The molecule has 0 radical (unpaired) electrons. The number of hydrogen-bond donors (Lipinski definition) is 3. The van der Waals surface area contributed by atoms with Gasteiger partial charge in [-0.25, -0.2) is 4.68 Å². The van der Waals surface area contributed by atoms with Gasteiger partial charge in [0.05, 0.1) is 114 Å². The van der Waals surface area contributed by atoms with Gasteiger partial charge < -0.3 is 48.7 Å². The quantitative estimate of drug-likeness (QED) is 0.0662. The Morgan fingerprint density at radius 2 is 1.15 bits per heavy atom. The summed E-state index contributed by atoms with van der Waals surface area (Å²) in [6.07, 6.45) is 17.3. The minimum atomic E-state index is -3.28. The fourth-order valence-corrected chi connectivity index (χ4v) is 10.3. The van der Waals surface area contributed by atoms with Crippen LogP contribution in [-0.2, 0) is 43.4 Å². The van der Waals surface area contributed by atoms with Crippen molar-refractivity contribution in [1.29, 1.82) is 5.26 Å². The maximum Gasteiger partial charge on any atom is 0.264 e. The number of hydrogen-bond acceptors (Lipinski definition) is 22. The Labute approximate surface area is 558 Å². The van der Waals surface area contributed by atoms with Gasteiger partial charge in [-0.1, -0.05) is 18.2 Å². The highest BCUT2D eigenvalue weighted by atomic mass is 79.9. The van der Waals surface area contributed by atoms with Gasteiger partial charge in [-0.05, 0) is 119 Å². The number of anilines is 1. The summed E-state index contributed by atoms with van der Waals surface area (Å²) >= 11 is 6.50. The summed E-state index contributed by atoms with van der Waals surface area (Å²) in [5, 5.41) is 34.3. The minimum Gasteiger partial charge on any atom is -0.506 e. The topological polar surface area (TPSA) is 271 Å². The number of carbonyl (C=O) groups is 1. The number of benzene rings is 2. The molecule has 6 aromatic rings. The van der Waals surface area contributed by atoms with Crippen LogP contribution in [0.25, 0.3) is 16.8 Å². The third kappa shape index (κ3) is 29.5. The molecule has 4 aromatic heterocycles. The number of nitrogens with zero attached hydrogens (tertiary/aromatic N) is 10. The molecule has 9 heterocycles. The Hall–Kier alpha value is -6.07. The number of pyridine rings is 3. The number of aromatic hydroxyl groups is 1. The number of β-amino-alcohol motifs (C(OH)–C–C–N with tert-alkyl or cyclic N) is 1. The lowest BCUT2D eigenvalue weighted by atomic mass is 9.85. The Bertz CT molecular complexity index is 3220. The molecule has 5 aliphatic heterocycles. The van der Waals surface area contributed by atoms with Crippen molar-refractivity contribution in [2.24, 2.45) is 0 Å². The monoisotopic (exact) mass is 1420 g/mol.